The van der Waals surface area contributed by atoms with E-state index in [9.17, 15) is 13.6 Å². The molecule has 0 aromatic heterocycles. The summed E-state index contributed by atoms with van der Waals surface area (Å²) in [4.78, 5) is 11.3. The summed E-state index contributed by atoms with van der Waals surface area (Å²) in [5.74, 6) is -2.59. The van der Waals surface area contributed by atoms with Gasteiger partial charge in [-0.3, -0.25) is 0 Å². The number of hydrogen-bond donors (Lipinski definition) is 0. The van der Waals surface area contributed by atoms with Crippen LogP contribution in [0, 0.1) is 11.6 Å². The lowest BCUT2D eigenvalue weighted by Crippen LogP contribution is -2.09. The Labute approximate surface area is 102 Å². The van der Waals surface area contributed by atoms with Crippen LogP contribution >= 0.6 is 31.9 Å². The third-order valence-corrected chi connectivity index (χ3v) is 2.95. The SMILES string of the molecule is CCOC(=O)c1c(Br)cc(F)c(Br)c1F. The van der Waals surface area contributed by atoms with Gasteiger partial charge in [-0.25, -0.2) is 13.6 Å². The smallest absolute Gasteiger partial charge is 0.342 e. The van der Waals surface area contributed by atoms with Crippen molar-refractivity contribution < 1.29 is 18.3 Å². The van der Waals surface area contributed by atoms with Crippen LogP contribution in [0.1, 0.15) is 17.3 Å². The van der Waals surface area contributed by atoms with E-state index in [0.29, 0.717) is 0 Å². The van der Waals surface area contributed by atoms with Crippen molar-refractivity contribution in [2.24, 2.45) is 0 Å². The van der Waals surface area contributed by atoms with E-state index in [4.69, 9.17) is 0 Å². The lowest BCUT2D eigenvalue weighted by molar-refractivity contribution is 0.0519. The van der Waals surface area contributed by atoms with E-state index in [0.717, 1.165) is 6.07 Å². The highest BCUT2D eigenvalue weighted by Crippen LogP contribution is 2.29. The number of rotatable bonds is 2. The van der Waals surface area contributed by atoms with E-state index in [-0.39, 0.29) is 21.1 Å². The average molecular weight is 344 g/mol. The van der Waals surface area contributed by atoms with Crippen molar-refractivity contribution in [1.82, 2.24) is 0 Å². The summed E-state index contributed by atoms with van der Waals surface area (Å²) in [6, 6.07) is 0.999. The molecule has 0 bridgehead atoms. The minimum absolute atomic E-state index is 0.0270. The first kappa shape index (κ1) is 12.6. The second-order valence-electron chi connectivity index (χ2n) is 2.56. The normalized spacial score (nSPS) is 10.2. The minimum Gasteiger partial charge on any atom is -0.462 e. The fourth-order valence-electron chi connectivity index (χ4n) is 0.957. The summed E-state index contributed by atoms with van der Waals surface area (Å²) in [6.45, 7) is 1.72. The fraction of sp³-hybridized carbons (Fsp3) is 0.222. The van der Waals surface area contributed by atoms with Gasteiger partial charge in [-0.15, -0.1) is 0 Å². The Bertz CT molecular complexity index is 408. The quantitative estimate of drug-likeness (QED) is 0.465. The van der Waals surface area contributed by atoms with Crippen molar-refractivity contribution in [3.8, 4) is 0 Å². The molecule has 0 aliphatic heterocycles. The Morgan fingerprint density at radius 2 is 2.07 bits per heavy atom. The molecule has 0 unspecified atom stereocenters. The van der Waals surface area contributed by atoms with E-state index >= 15 is 0 Å². The maximum absolute atomic E-state index is 13.5. The monoisotopic (exact) mass is 342 g/mol. The number of hydrogen-bond acceptors (Lipinski definition) is 2. The standard InChI is InChI=1S/C9H6Br2F2O2/c1-2-15-9(14)6-4(10)3-5(12)7(11)8(6)13/h3H,2H2,1H3. The molecule has 0 aliphatic rings. The average Bonchev–Trinajstić information content (AvgIpc) is 2.15. The summed E-state index contributed by atoms with van der Waals surface area (Å²) in [5.41, 5.74) is -0.315. The lowest BCUT2D eigenvalue weighted by atomic mass is 10.2. The van der Waals surface area contributed by atoms with Gasteiger partial charge in [0.25, 0.3) is 0 Å². The first-order valence-corrected chi connectivity index (χ1v) is 5.57. The molecule has 0 radical (unpaired) electrons. The van der Waals surface area contributed by atoms with Crippen molar-refractivity contribution >= 4 is 37.8 Å². The third-order valence-electron chi connectivity index (χ3n) is 1.59. The second kappa shape index (κ2) is 5.03. The maximum Gasteiger partial charge on any atom is 0.342 e. The van der Waals surface area contributed by atoms with E-state index in [2.05, 4.69) is 36.6 Å². The zero-order chi connectivity index (χ0) is 11.6. The molecule has 0 saturated heterocycles. The first-order valence-electron chi connectivity index (χ1n) is 3.99. The summed E-state index contributed by atoms with van der Waals surface area (Å²) < 4.78 is 30.8. The summed E-state index contributed by atoms with van der Waals surface area (Å²) in [5, 5.41) is 0. The van der Waals surface area contributed by atoms with Crippen LogP contribution in [0.2, 0.25) is 0 Å². The molecule has 2 nitrogen and oxygen atoms in total. The van der Waals surface area contributed by atoms with Gasteiger partial charge in [-0.05, 0) is 44.8 Å². The molecule has 6 heteroatoms. The maximum atomic E-state index is 13.5. The number of carbonyl (C=O) groups excluding carboxylic acids is 1. The number of esters is 1. The molecule has 0 spiro atoms. The van der Waals surface area contributed by atoms with Gasteiger partial charge in [0.2, 0.25) is 0 Å². The topological polar surface area (TPSA) is 26.3 Å². The largest absolute Gasteiger partial charge is 0.462 e. The molecule has 0 fully saturated rings. The van der Waals surface area contributed by atoms with E-state index in [1.807, 2.05) is 0 Å². The molecule has 1 aromatic carbocycles. The van der Waals surface area contributed by atoms with Gasteiger partial charge < -0.3 is 4.74 Å². The van der Waals surface area contributed by atoms with Crippen molar-refractivity contribution in [2.75, 3.05) is 6.61 Å². The molecule has 0 atom stereocenters. The van der Waals surface area contributed by atoms with E-state index < -0.39 is 17.6 Å². The van der Waals surface area contributed by atoms with E-state index in [1.54, 1.807) is 6.92 Å². The molecule has 15 heavy (non-hydrogen) atoms. The highest BCUT2D eigenvalue weighted by Gasteiger charge is 2.22. The van der Waals surface area contributed by atoms with Gasteiger partial charge in [0.05, 0.1) is 11.1 Å². The number of benzene rings is 1. The predicted octanol–water partition coefficient (Wildman–Crippen LogP) is 3.67. The molecule has 0 amide bonds. The van der Waals surface area contributed by atoms with Gasteiger partial charge in [0, 0.05) is 4.47 Å². The Hall–Kier alpha value is -0.490. The highest BCUT2D eigenvalue weighted by molar-refractivity contribution is 9.11. The summed E-state index contributed by atoms with van der Waals surface area (Å²) in [7, 11) is 0. The van der Waals surface area contributed by atoms with Crippen LogP contribution in [0.15, 0.2) is 15.0 Å². The van der Waals surface area contributed by atoms with Crippen molar-refractivity contribution in [3.05, 3.63) is 32.2 Å². The Morgan fingerprint density at radius 1 is 1.47 bits per heavy atom. The van der Waals surface area contributed by atoms with Gasteiger partial charge in [-0.2, -0.15) is 0 Å². The van der Waals surface area contributed by atoms with Crippen LogP contribution in [0.4, 0.5) is 8.78 Å². The molecule has 0 N–H and O–H groups in total. The second-order valence-corrected chi connectivity index (χ2v) is 4.21. The van der Waals surface area contributed by atoms with E-state index in [1.165, 1.54) is 0 Å². The Kier molecular flexibility index (Phi) is 4.21. The zero-order valence-electron chi connectivity index (χ0n) is 7.61. The Morgan fingerprint density at radius 3 is 2.60 bits per heavy atom. The van der Waals surface area contributed by atoms with Gasteiger partial charge in [-0.1, -0.05) is 0 Å². The summed E-state index contributed by atoms with van der Waals surface area (Å²) >= 11 is 5.61. The van der Waals surface area contributed by atoms with Gasteiger partial charge in [0.15, 0.2) is 5.82 Å². The number of carbonyl (C=O) groups is 1. The van der Waals surface area contributed by atoms with Crippen LogP contribution in [0.3, 0.4) is 0 Å². The van der Waals surface area contributed by atoms with Crippen molar-refractivity contribution in [3.63, 3.8) is 0 Å². The van der Waals surface area contributed by atoms with Crippen LogP contribution in [-0.4, -0.2) is 12.6 Å². The van der Waals surface area contributed by atoms with Crippen LogP contribution < -0.4 is 0 Å². The van der Waals surface area contributed by atoms with Crippen LogP contribution in [-0.2, 0) is 4.74 Å². The molecule has 1 aromatic rings. The highest BCUT2D eigenvalue weighted by atomic mass is 79.9. The number of halogens is 4. The van der Waals surface area contributed by atoms with Crippen LogP contribution in [0.5, 0.6) is 0 Å². The molecule has 0 saturated carbocycles. The van der Waals surface area contributed by atoms with Crippen LogP contribution in [0.25, 0.3) is 0 Å². The zero-order valence-corrected chi connectivity index (χ0v) is 10.8. The van der Waals surface area contributed by atoms with Crippen molar-refractivity contribution in [1.29, 1.82) is 0 Å². The molecule has 0 aliphatic carbocycles. The minimum atomic E-state index is -0.972. The third kappa shape index (κ3) is 2.55. The molecule has 82 valence electrons. The van der Waals surface area contributed by atoms with Gasteiger partial charge >= 0.3 is 5.97 Å². The molecule has 0 heterocycles. The van der Waals surface area contributed by atoms with Gasteiger partial charge in [0.1, 0.15) is 11.4 Å². The number of ether oxygens (including phenoxy) is 1. The molecular weight excluding hydrogens is 338 g/mol. The Balaban J connectivity index is 3.29. The lowest BCUT2D eigenvalue weighted by Gasteiger charge is -2.07. The fourth-order valence-corrected chi connectivity index (χ4v) is 1.81. The summed E-state index contributed by atoms with van der Waals surface area (Å²) in [6.07, 6.45) is 0. The molecular formula is C9H6Br2F2O2. The predicted molar refractivity (Wildman–Crippen MR) is 57.7 cm³/mol. The molecule has 1 rings (SSSR count). The first-order chi connectivity index (χ1) is 6.99. The van der Waals surface area contributed by atoms with Crippen molar-refractivity contribution in [2.45, 2.75) is 6.92 Å².